The fourth-order valence-corrected chi connectivity index (χ4v) is 2.34. The molecule has 0 aromatic rings. The Morgan fingerprint density at radius 1 is 1.43 bits per heavy atom. The van der Waals surface area contributed by atoms with Gasteiger partial charge in [0.05, 0.1) is 0 Å². The summed E-state index contributed by atoms with van der Waals surface area (Å²) in [7, 11) is -3.53. The van der Waals surface area contributed by atoms with Crippen LogP contribution in [0.3, 0.4) is 0 Å². The Bertz CT molecular complexity index is 301. The summed E-state index contributed by atoms with van der Waals surface area (Å²) in [5.74, 6) is 0. The minimum absolute atomic E-state index is 0.0760. The molecule has 8 heteroatoms. The molecule has 0 saturated carbocycles. The molecule has 0 spiro atoms. The fourth-order valence-electron chi connectivity index (χ4n) is 1.33. The Kier molecular flexibility index (Phi) is 3.07. The van der Waals surface area contributed by atoms with Crippen LogP contribution in [0.5, 0.6) is 0 Å². The summed E-state index contributed by atoms with van der Waals surface area (Å²) in [5.41, 5.74) is -5.18. The fraction of sp³-hybridized carbons (Fsp3) is 1.00. The first-order valence-electron chi connectivity index (χ1n) is 4.02. The lowest BCUT2D eigenvalue weighted by molar-refractivity contribution is -0.0483. The average molecular weight is 232 g/mol. The van der Waals surface area contributed by atoms with E-state index in [1.54, 1.807) is 7.05 Å². The molecule has 14 heavy (non-hydrogen) atoms. The number of alkyl halides is 3. The first kappa shape index (κ1) is 11.7. The molecular weight excluding hydrogens is 221 g/mol. The van der Waals surface area contributed by atoms with Gasteiger partial charge in [0, 0.05) is 19.1 Å². The van der Waals surface area contributed by atoms with Gasteiger partial charge in [0.1, 0.15) is 0 Å². The molecule has 1 unspecified atom stereocenters. The normalized spacial score (nSPS) is 25.6. The molecule has 1 heterocycles. The van der Waals surface area contributed by atoms with Crippen molar-refractivity contribution < 1.29 is 21.6 Å². The van der Waals surface area contributed by atoms with E-state index in [1.807, 2.05) is 0 Å². The SMILES string of the molecule is CNC1CCN(S(=O)(=O)C(F)(F)F)C1. The van der Waals surface area contributed by atoms with Gasteiger partial charge >= 0.3 is 15.5 Å². The van der Waals surface area contributed by atoms with Crippen molar-refractivity contribution in [3.8, 4) is 0 Å². The number of nitrogens with zero attached hydrogens (tertiary/aromatic N) is 1. The summed E-state index contributed by atoms with van der Waals surface area (Å²) in [4.78, 5) is 0. The zero-order valence-corrected chi connectivity index (χ0v) is 8.32. The minimum Gasteiger partial charge on any atom is -0.316 e. The summed E-state index contributed by atoms with van der Waals surface area (Å²) >= 11 is 0. The zero-order valence-electron chi connectivity index (χ0n) is 7.50. The van der Waals surface area contributed by atoms with Crippen LogP contribution in [0.15, 0.2) is 0 Å². The van der Waals surface area contributed by atoms with Crippen molar-refractivity contribution in [2.45, 2.75) is 18.0 Å². The summed E-state index contributed by atoms with van der Waals surface area (Å²) in [5, 5.41) is 2.74. The molecule has 0 radical (unpaired) electrons. The van der Waals surface area contributed by atoms with E-state index in [0.717, 1.165) is 0 Å². The Hall–Kier alpha value is -0.340. The van der Waals surface area contributed by atoms with Gasteiger partial charge in [-0.25, -0.2) is 8.42 Å². The highest BCUT2D eigenvalue weighted by Crippen LogP contribution is 2.29. The molecule has 1 aliphatic rings. The maximum absolute atomic E-state index is 12.1. The first-order chi connectivity index (χ1) is 6.29. The van der Waals surface area contributed by atoms with Crippen LogP contribution < -0.4 is 5.32 Å². The number of sulfonamides is 1. The predicted octanol–water partition coefficient (Wildman–Crippen LogP) is 0.130. The number of likely N-dealkylation sites (N-methyl/N-ethyl adjacent to an activating group) is 1. The first-order valence-corrected chi connectivity index (χ1v) is 5.46. The summed E-state index contributed by atoms with van der Waals surface area (Å²) < 4.78 is 58.4. The molecule has 0 aromatic carbocycles. The minimum atomic E-state index is -5.18. The molecule has 4 nitrogen and oxygen atoms in total. The van der Waals surface area contributed by atoms with Gasteiger partial charge in [0.2, 0.25) is 0 Å². The smallest absolute Gasteiger partial charge is 0.316 e. The van der Waals surface area contributed by atoms with Gasteiger partial charge in [0.15, 0.2) is 0 Å². The van der Waals surface area contributed by atoms with Crippen LogP contribution in [0.2, 0.25) is 0 Å². The number of hydrogen-bond donors (Lipinski definition) is 1. The molecule has 0 amide bonds. The lowest BCUT2D eigenvalue weighted by Gasteiger charge is -2.17. The van der Waals surface area contributed by atoms with E-state index in [4.69, 9.17) is 0 Å². The molecule has 1 aliphatic heterocycles. The van der Waals surface area contributed by atoms with E-state index in [0.29, 0.717) is 10.7 Å². The molecule has 0 aromatic heterocycles. The second-order valence-corrected chi connectivity index (χ2v) is 5.01. The maximum atomic E-state index is 12.1. The standard InChI is InChI=1S/C6H11F3N2O2S/c1-10-5-2-3-11(4-5)14(12,13)6(7,8)9/h5,10H,2-4H2,1H3. The summed E-state index contributed by atoms with van der Waals surface area (Å²) in [6.07, 6.45) is 0.409. The van der Waals surface area contributed by atoms with E-state index in [1.165, 1.54) is 0 Å². The number of halogens is 3. The molecule has 1 fully saturated rings. The van der Waals surface area contributed by atoms with Crippen LogP contribution in [0.25, 0.3) is 0 Å². The van der Waals surface area contributed by atoms with Crippen molar-refractivity contribution in [3.63, 3.8) is 0 Å². The second kappa shape index (κ2) is 3.67. The molecule has 1 atom stereocenters. The van der Waals surface area contributed by atoms with E-state index in [-0.39, 0.29) is 19.1 Å². The van der Waals surface area contributed by atoms with Gasteiger partial charge in [-0.05, 0) is 13.5 Å². The molecule has 84 valence electrons. The average Bonchev–Trinajstić information content (AvgIpc) is 2.49. The summed E-state index contributed by atoms with van der Waals surface area (Å²) in [6, 6.07) is -0.188. The van der Waals surface area contributed by atoms with Crippen LogP contribution in [-0.4, -0.2) is 44.4 Å². The van der Waals surface area contributed by atoms with Crippen LogP contribution >= 0.6 is 0 Å². The van der Waals surface area contributed by atoms with Gasteiger partial charge in [-0.2, -0.15) is 17.5 Å². The van der Waals surface area contributed by atoms with Crippen molar-refractivity contribution in [1.29, 1.82) is 0 Å². The number of nitrogens with one attached hydrogen (secondary N) is 1. The third-order valence-corrected chi connectivity index (χ3v) is 3.79. The molecule has 0 aliphatic carbocycles. The third-order valence-electron chi connectivity index (χ3n) is 2.19. The highest BCUT2D eigenvalue weighted by Gasteiger charge is 2.51. The van der Waals surface area contributed by atoms with E-state index in [9.17, 15) is 21.6 Å². The lowest BCUT2D eigenvalue weighted by atomic mass is 10.3. The monoisotopic (exact) mass is 232 g/mol. The van der Waals surface area contributed by atoms with Crippen LogP contribution in [0.4, 0.5) is 13.2 Å². The predicted molar refractivity (Wildman–Crippen MR) is 44.0 cm³/mol. The summed E-state index contributed by atoms with van der Waals surface area (Å²) in [6.45, 7) is -0.189. The van der Waals surface area contributed by atoms with Crippen molar-refractivity contribution in [2.24, 2.45) is 0 Å². The van der Waals surface area contributed by atoms with Gasteiger partial charge in [-0.1, -0.05) is 0 Å². The lowest BCUT2D eigenvalue weighted by Crippen LogP contribution is -2.40. The van der Waals surface area contributed by atoms with Crippen molar-refractivity contribution in [3.05, 3.63) is 0 Å². The van der Waals surface area contributed by atoms with Gasteiger partial charge in [-0.15, -0.1) is 0 Å². The third kappa shape index (κ3) is 2.01. The van der Waals surface area contributed by atoms with E-state index >= 15 is 0 Å². The molecule has 1 N–H and O–H groups in total. The van der Waals surface area contributed by atoms with E-state index in [2.05, 4.69) is 5.32 Å². The molecule has 1 saturated heterocycles. The van der Waals surface area contributed by atoms with Crippen LogP contribution in [-0.2, 0) is 10.0 Å². The maximum Gasteiger partial charge on any atom is 0.511 e. The van der Waals surface area contributed by atoms with E-state index < -0.39 is 15.5 Å². The number of rotatable bonds is 2. The van der Waals surface area contributed by atoms with Crippen LogP contribution in [0.1, 0.15) is 6.42 Å². The largest absolute Gasteiger partial charge is 0.511 e. The van der Waals surface area contributed by atoms with Gasteiger partial charge in [0.25, 0.3) is 0 Å². The molecule has 1 rings (SSSR count). The number of hydrogen-bond acceptors (Lipinski definition) is 3. The van der Waals surface area contributed by atoms with Crippen molar-refractivity contribution in [2.75, 3.05) is 20.1 Å². The van der Waals surface area contributed by atoms with Crippen molar-refractivity contribution in [1.82, 2.24) is 9.62 Å². The Morgan fingerprint density at radius 3 is 2.36 bits per heavy atom. The van der Waals surface area contributed by atoms with Crippen molar-refractivity contribution >= 4 is 10.0 Å². The second-order valence-electron chi connectivity index (χ2n) is 3.08. The Labute approximate surface area is 80.1 Å². The molecular formula is C6H11F3N2O2S. The quantitative estimate of drug-likeness (QED) is 0.736. The van der Waals surface area contributed by atoms with Gasteiger partial charge in [-0.3, -0.25) is 0 Å². The van der Waals surface area contributed by atoms with Gasteiger partial charge < -0.3 is 5.32 Å². The Morgan fingerprint density at radius 2 is 2.00 bits per heavy atom. The topological polar surface area (TPSA) is 49.4 Å². The highest BCUT2D eigenvalue weighted by atomic mass is 32.2. The van der Waals surface area contributed by atoms with Crippen LogP contribution in [0, 0.1) is 0 Å². The zero-order chi connectivity index (χ0) is 11.0. The Balaban J connectivity index is 2.77. The highest BCUT2D eigenvalue weighted by molar-refractivity contribution is 7.90. The molecule has 0 bridgehead atoms.